The van der Waals surface area contributed by atoms with Crippen molar-refractivity contribution in [1.29, 1.82) is 0 Å². The van der Waals surface area contributed by atoms with E-state index in [0.717, 1.165) is 5.39 Å². The Kier molecular flexibility index (Phi) is 3.32. The Morgan fingerprint density at radius 2 is 2.17 bits per heavy atom. The quantitative estimate of drug-likeness (QED) is 0.686. The highest BCUT2D eigenvalue weighted by Gasteiger charge is 2.35. The van der Waals surface area contributed by atoms with Crippen LogP contribution in [0.4, 0.5) is 5.95 Å². The van der Waals surface area contributed by atoms with Gasteiger partial charge < -0.3 is 10.5 Å². The zero-order valence-electron chi connectivity index (χ0n) is 12.9. The van der Waals surface area contributed by atoms with E-state index < -0.39 is 10.0 Å². The number of nitrogen functional groups attached to an aromatic ring is 1. The van der Waals surface area contributed by atoms with Crippen LogP contribution in [-0.2, 0) is 16.6 Å². The number of benzene rings is 1. The van der Waals surface area contributed by atoms with E-state index in [1.165, 1.54) is 4.52 Å². The number of nitrogens with zero attached hydrogens (tertiary/aromatic N) is 4. The molecule has 10 heteroatoms. The first kappa shape index (κ1) is 15.1. The third-order valence-corrected chi connectivity index (χ3v) is 5.84. The molecule has 1 aliphatic carbocycles. The molecule has 0 aliphatic heterocycles. The lowest BCUT2D eigenvalue weighted by molar-refractivity contribution is 0.419. The van der Waals surface area contributed by atoms with Crippen LogP contribution in [-0.4, -0.2) is 40.4 Å². The summed E-state index contributed by atoms with van der Waals surface area (Å²) >= 11 is 0. The molecule has 1 saturated carbocycles. The topological polar surface area (TPSA) is 124 Å². The fraction of sp³-hybridized carbons (Fsp3) is 0.357. The van der Waals surface area contributed by atoms with Gasteiger partial charge in [0.25, 0.3) is 0 Å². The Hall–Kier alpha value is -2.46. The minimum absolute atomic E-state index is 0.0193. The van der Waals surface area contributed by atoms with E-state index in [9.17, 15) is 8.42 Å². The number of nitrogens with two attached hydrogens (primary N) is 1. The summed E-state index contributed by atoms with van der Waals surface area (Å²) in [5.41, 5.74) is 7.05. The van der Waals surface area contributed by atoms with E-state index in [1.54, 1.807) is 13.2 Å². The molecule has 1 aromatic carbocycles. The van der Waals surface area contributed by atoms with E-state index in [2.05, 4.69) is 19.8 Å². The van der Waals surface area contributed by atoms with Crippen LogP contribution in [0.3, 0.4) is 0 Å². The zero-order valence-corrected chi connectivity index (χ0v) is 13.7. The molecule has 1 aliphatic rings. The highest BCUT2D eigenvalue weighted by molar-refractivity contribution is 7.90. The summed E-state index contributed by atoms with van der Waals surface area (Å²) in [6.45, 7) is 0.0193. The molecular weight excluding hydrogens is 332 g/mol. The number of para-hydroxylation sites is 1. The van der Waals surface area contributed by atoms with E-state index in [-0.39, 0.29) is 17.7 Å². The summed E-state index contributed by atoms with van der Waals surface area (Å²) < 4.78 is 33.1. The second kappa shape index (κ2) is 5.28. The molecule has 24 heavy (non-hydrogen) atoms. The van der Waals surface area contributed by atoms with E-state index in [0.29, 0.717) is 35.6 Å². The van der Waals surface area contributed by atoms with Crippen molar-refractivity contribution in [3.8, 4) is 5.75 Å². The lowest BCUT2D eigenvalue weighted by atomic mass is 10.2. The molecule has 126 valence electrons. The van der Waals surface area contributed by atoms with Crippen molar-refractivity contribution in [2.75, 3.05) is 12.8 Å². The fourth-order valence-electron chi connectivity index (χ4n) is 2.57. The minimum atomic E-state index is -3.29. The third-order valence-electron chi connectivity index (χ3n) is 3.95. The number of ether oxygens (including phenoxy) is 1. The number of aromatic nitrogens is 4. The van der Waals surface area contributed by atoms with E-state index in [1.807, 2.05) is 12.1 Å². The normalized spacial score (nSPS) is 15.2. The average Bonchev–Trinajstić information content (AvgIpc) is 3.33. The first-order valence-corrected chi connectivity index (χ1v) is 9.00. The molecule has 0 spiro atoms. The maximum absolute atomic E-state index is 11.9. The molecule has 0 unspecified atom stereocenters. The summed E-state index contributed by atoms with van der Waals surface area (Å²) in [5.74, 6) is 1.08. The molecule has 3 aromatic rings. The van der Waals surface area contributed by atoms with Crippen LogP contribution in [0.2, 0.25) is 0 Å². The van der Waals surface area contributed by atoms with Gasteiger partial charge in [0, 0.05) is 5.39 Å². The molecule has 3 N–H and O–H groups in total. The lowest BCUT2D eigenvalue weighted by Crippen LogP contribution is -2.27. The Bertz CT molecular complexity index is 1040. The molecule has 0 saturated heterocycles. The molecule has 2 aromatic heterocycles. The molecule has 0 radical (unpaired) electrons. The number of methoxy groups -OCH3 is 1. The van der Waals surface area contributed by atoms with Crippen LogP contribution < -0.4 is 15.2 Å². The van der Waals surface area contributed by atoms with Gasteiger partial charge in [-0.1, -0.05) is 6.07 Å². The van der Waals surface area contributed by atoms with Crippen molar-refractivity contribution in [2.24, 2.45) is 0 Å². The molecule has 0 atom stereocenters. The van der Waals surface area contributed by atoms with Gasteiger partial charge in [0.1, 0.15) is 11.3 Å². The molecule has 0 amide bonds. The Labute approximate surface area is 137 Å². The number of anilines is 1. The minimum Gasteiger partial charge on any atom is -0.494 e. The summed E-state index contributed by atoms with van der Waals surface area (Å²) in [5, 5.41) is 4.69. The number of hydrogen-bond acceptors (Lipinski definition) is 7. The Morgan fingerprint density at radius 3 is 2.88 bits per heavy atom. The monoisotopic (exact) mass is 348 g/mol. The van der Waals surface area contributed by atoms with Gasteiger partial charge in [-0.15, -0.1) is 5.10 Å². The van der Waals surface area contributed by atoms with Crippen molar-refractivity contribution < 1.29 is 13.2 Å². The molecular formula is C14H16N6O3S. The predicted molar refractivity (Wildman–Crippen MR) is 88.0 cm³/mol. The van der Waals surface area contributed by atoms with Gasteiger partial charge in [-0.2, -0.15) is 4.52 Å². The number of rotatable bonds is 5. The van der Waals surface area contributed by atoms with Gasteiger partial charge in [0.15, 0.2) is 11.5 Å². The van der Waals surface area contributed by atoms with E-state index in [4.69, 9.17) is 10.5 Å². The maximum Gasteiger partial charge on any atom is 0.223 e. The SMILES string of the molecule is COc1cccc2c1nc(N)n1nc(CNS(=O)(=O)C3CC3)nc21. The maximum atomic E-state index is 11.9. The van der Waals surface area contributed by atoms with Crippen LogP contribution in [0.25, 0.3) is 16.6 Å². The number of nitrogens with one attached hydrogen (secondary N) is 1. The predicted octanol–water partition coefficient (Wildman–Crippen LogP) is 0.450. The van der Waals surface area contributed by atoms with Crippen molar-refractivity contribution in [3.05, 3.63) is 24.0 Å². The van der Waals surface area contributed by atoms with Gasteiger partial charge in [-0.3, -0.25) is 0 Å². The van der Waals surface area contributed by atoms with Gasteiger partial charge in [0.05, 0.1) is 18.9 Å². The van der Waals surface area contributed by atoms with Crippen LogP contribution in [0.5, 0.6) is 5.75 Å². The van der Waals surface area contributed by atoms with Crippen molar-refractivity contribution in [1.82, 2.24) is 24.3 Å². The van der Waals surface area contributed by atoms with Gasteiger partial charge >= 0.3 is 0 Å². The smallest absolute Gasteiger partial charge is 0.223 e. The van der Waals surface area contributed by atoms with Gasteiger partial charge in [-0.05, 0) is 25.0 Å². The average molecular weight is 348 g/mol. The lowest BCUT2D eigenvalue weighted by Gasteiger charge is -2.06. The molecule has 0 bridgehead atoms. The molecule has 9 nitrogen and oxygen atoms in total. The highest BCUT2D eigenvalue weighted by Crippen LogP contribution is 2.28. The molecule has 1 fully saturated rings. The van der Waals surface area contributed by atoms with Crippen molar-refractivity contribution in [2.45, 2.75) is 24.6 Å². The Morgan fingerprint density at radius 1 is 1.38 bits per heavy atom. The first-order chi connectivity index (χ1) is 11.5. The summed E-state index contributed by atoms with van der Waals surface area (Å²) in [4.78, 5) is 8.72. The summed E-state index contributed by atoms with van der Waals surface area (Å²) in [6, 6.07) is 5.45. The number of hydrogen-bond donors (Lipinski definition) is 2. The van der Waals surface area contributed by atoms with Crippen LogP contribution in [0.1, 0.15) is 18.7 Å². The summed E-state index contributed by atoms with van der Waals surface area (Å²) in [7, 11) is -1.74. The van der Waals surface area contributed by atoms with Crippen molar-refractivity contribution in [3.63, 3.8) is 0 Å². The highest BCUT2D eigenvalue weighted by atomic mass is 32.2. The number of sulfonamides is 1. The van der Waals surface area contributed by atoms with Crippen LogP contribution in [0, 0.1) is 0 Å². The fourth-order valence-corrected chi connectivity index (χ4v) is 3.89. The Balaban J connectivity index is 1.77. The van der Waals surface area contributed by atoms with Gasteiger partial charge in [0.2, 0.25) is 16.0 Å². The largest absolute Gasteiger partial charge is 0.494 e. The number of fused-ring (bicyclic) bond motifs is 3. The molecule has 4 rings (SSSR count). The standard InChI is InChI=1S/C14H16N6O3S/c1-23-10-4-2-3-9-12(10)18-14(15)20-13(9)17-11(19-20)7-16-24(21,22)8-5-6-8/h2-4,8,16H,5-7H2,1H3,(H2,15,18). The van der Waals surface area contributed by atoms with Crippen LogP contribution in [0.15, 0.2) is 18.2 Å². The second-order valence-electron chi connectivity index (χ2n) is 5.66. The first-order valence-electron chi connectivity index (χ1n) is 7.46. The van der Waals surface area contributed by atoms with E-state index >= 15 is 0 Å². The summed E-state index contributed by atoms with van der Waals surface area (Å²) in [6.07, 6.45) is 1.41. The zero-order chi connectivity index (χ0) is 16.9. The van der Waals surface area contributed by atoms with Gasteiger partial charge in [-0.25, -0.2) is 23.1 Å². The second-order valence-corrected chi connectivity index (χ2v) is 7.70. The third kappa shape index (κ3) is 2.43. The van der Waals surface area contributed by atoms with Crippen LogP contribution >= 0.6 is 0 Å². The molecule has 2 heterocycles. The van der Waals surface area contributed by atoms with Crippen molar-refractivity contribution >= 4 is 32.5 Å².